The van der Waals surface area contributed by atoms with Crippen LogP contribution in [-0.4, -0.2) is 68.8 Å². The van der Waals surface area contributed by atoms with Gasteiger partial charge in [0.05, 0.1) is 31.5 Å². The Balaban J connectivity index is 5.24. The van der Waals surface area contributed by atoms with Gasteiger partial charge in [0.2, 0.25) is 0 Å². The molecule has 0 saturated heterocycles. The van der Waals surface area contributed by atoms with Crippen LogP contribution >= 0.6 is 0 Å². The highest BCUT2D eigenvalue weighted by Crippen LogP contribution is 2.31. The summed E-state index contributed by atoms with van der Waals surface area (Å²) in [6.07, 6.45) is 0.944. The van der Waals surface area contributed by atoms with E-state index in [1.807, 2.05) is 20.8 Å². The highest BCUT2D eigenvalue weighted by molar-refractivity contribution is 4.93. The van der Waals surface area contributed by atoms with Gasteiger partial charge in [0.25, 0.3) is 0 Å². The van der Waals surface area contributed by atoms with Crippen molar-refractivity contribution in [3.05, 3.63) is 0 Å². The summed E-state index contributed by atoms with van der Waals surface area (Å²) in [6.45, 7) is 5.33. The van der Waals surface area contributed by atoms with Crippen LogP contribution in [0.1, 0.15) is 72.1 Å². The molecule has 0 heterocycles. The van der Waals surface area contributed by atoms with Gasteiger partial charge in [0.15, 0.2) is 0 Å². The topological polar surface area (TPSA) is 110 Å². The minimum atomic E-state index is -1.27. The molecule has 0 aliphatic carbocycles. The molecule has 0 aliphatic heterocycles. The van der Waals surface area contributed by atoms with Crippen molar-refractivity contribution in [1.82, 2.24) is 0 Å². The van der Waals surface area contributed by atoms with Crippen molar-refractivity contribution < 1.29 is 30.3 Å². The largest absolute Gasteiger partial charge is 0.394 e. The third kappa shape index (κ3) is 8.74. The summed E-state index contributed by atoms with van der Waals surface area (Å²) in [6, 6.07) is 0. The zero-order valence-electron chi connectivity index (χ0n) is 15.5. The van der Waals surface area contributed by atoms with Gasteiger partial charge in [0.1, 0.15) is 11.7 Å². The second-order valence-electron chi connectivity index (χ2n) is 6.81. The lowest BCUT2D eigenvalue weighted by atomic mass is 9.82. The first-order valence-corrected chi connectivity index (χ1v) is 9.32. The summed E-state index contributed by atoms with van der Waals surface area (Å²) < 4.78 is 5.85. The van der Waals surface area contributed by atoms with Crippen molar-refractivity contribution in [3.63, 3.8) is 0 Å². The molecule has 5 N–H and O–H groups in total. The van der Waals surface area contributed by atoms with Gasteiger partial charge in [-0.15, -0.1) is 0 Å². The van der Waals surface area contributed by atoms with Crippen LogP contribution in [-0.2, 0) is 4.74 Å². The van der Waals surface area contributed by atoms with Crippen molar-refractivity contribution in [2.45, 2.75) is 102 Å². The first kappa shape index (κ1) is 23.8. The molecule has 0 saturated carbocycles. The SMILES string of the molecule is CCCC(O)COC(CC(O)CCC)(CC(O)CCC)C(O)CO. The third-order valence-electron chi connectivity index (χ3n) is 4.37. The molecule has 24 heavy (non-hydrogen) atoms. The Bertz CT molecular complexity index is 285. The number of rotatable bonds is 15. The third-order valence-corrected chi connectivity index (χ3v) is 4.37. The van der Waals surface area contributed by atoms with Crippen LogP contribution in [0.25, 0.3) is 0 Å². The van der Waals surface area contributed by atoms with E-state index in [-0.39, 0.29) is 19.4 Å². The van der Waals surface area contributed by atoms with Gasteiger partial charge in [-0.25, -0.2) is 0 Å². The summed E-state index contributed by atoms with van der Waals surface area (Å²) in [4.78, 5) is 0. The fourth-order valence-corrected chi connectivity index (χ4v) is 3.08. The molecule has 0 aliphatic rings. The molecule has 4 atom stereocenters. The smallest absolute Gasteiger partial charge is 0.106 e. The quantitative estimate of drug-likeness (QED) is 0.305. The molecule has 0 aromatic rings. The summed E-state index contributed by atoms with van der Waals surface area (Å²) in [7, 11) is 0. The van der Waals surface area contributed by atoms with Gasteiger partial charge in [-0.1, -0.05) is 40.0 Å². The molecule has 6 nitrogen and oxygen atoms in total. The van der Waals surface area contributed by atoms with Gasteiger partial charge in [-0.3, -0.25) is 0 Å². The molecule has 0 amide bonds. The molecule has 146 valence electrons. The standard InChI is InChI=1S/C18H38O6/c1-4-7-14(20)10-18(17(23)12-19,11-15(21)8-5-2)24-13-16(22)9-6-3/h14-17,19-23H,4-13H2,1-3H3. The molecule has 0 spiro atoms. The van der Waals surface area contributed by atoms with E-state index in [1.165, 1.54) is 0 Å². The second kappa shape index (κ2) is 13.0. The van der Waals surface area contributed by atoms with E-state index in [0.717, 1.165) is 19.3 Å². The normalized spacial score (nSPS) is 19.5. The maximum absolute atomic E-state index is 10.4. The lowest BCUT2D eigenvalue weighted by molar-refractivity contribution is -0.183. The average molecular weight is 350 g/mol. The lowest BCUT2D eigenvalue weighted by Gasteiger charge is -2.40. The van der Waals surface area contributed by atoms with E-state index < -0.39 is 36.6 Å². The predicted octanol–water partition coefficient (Wildman–Crippen LogP) is 1.36. The van der Waals surface area contributed by atoms with Crippen molar-refractivity contribution in [3.8, 4) is 0 Å². The molecule has 0 aromatic carbocycles. The fourth-order valence-electron chi connectivity index (χ4n) is 3.08. The average Bonchev–Trinajstić information content (AvgIpc) is 2.52. The molecule has 6 heteroatoms. The zero-order valence-corrected chi connectivity index (χ0v) is 15.5. The van der Waals surface area contributed by atoms with Gasteiger partial charge in [-0.2, -0.15) is 0 Å². The molecule has 0 aromatic heterocycles. The molecule has 0 fully saturated rings. The molecule has 4 unspecified atom stereocenters. The Labute approximate surface area is 146 Å². The van der Waals surface area contributed by atoms with E-state index in [0.29, 0.717) is 19.3 Å². The minimum Gasteiger partial charge on any atom is -0.394 e. The van der Waals surface area contributed by atoms with Crippen molar-refractivity contribution in [1.29, 1.82) is 0 Å². The summed E-state index contributed by atoms with van der Waals surface area (Å²) in [5.74, 6) is 0. The van der Waals surface area contributed by atoms with Crippen LogP contribution < -0.4 is 0 Å². The van der Waals surface area contributed by atoms with E-state index in [2.05, 4.69) is 0 Å². The molecule has 0 radical (unpaired) electrons. The number of hydrogen-bond acceptors (Lipinski definition) is 6. The van der Waals surface area contributed by atoms with Gasteiger partial charge in [0, 0.05) is 12.8 Å². The lowest BCUT2D eigenvalue weighted by Crippen LogP contribution is -2.52. The van der Waals surface area contributed by atoms with Crippen molar-refractivity contribution in [2.75, 3.05) is 13.2 Å². The van der Waals surface area contributed by atoms with E-state index >= 15 is 0 Å². The van der Waals surface area contributed by atoms with Crippen LogP contribution in [0, 0.1) is 0 Å². The van der Waals surface area contributed by atoms with Crippen LogP contribution in [0.2, 0.25) is 0 Å². The Morgan fingerprint density at radius 2 is 1.17 bits per heavy atom. The highest BCUT2D eigenvalue weighted by atomic mass is 16.5. The maximum atomic E-state index is 10.4. The fraction of sp³-hybridized carbons (Fsp3) is 1.00. The van der Waals surface area contributed by atoms with E-state index in [4.69, 9.17) is 4.74 Å². The first-order valence-electron chi connectivity index (χ1n) is 9.32. The number of aliphatic hydroxyl groups is 5. The van der Waals surface area contributed by atoms with Crippen molar-refractivity contribution in [2.24, 2.45) is 0 Å². The van der Waals surface area contributed by atoms with Crippen molar-refractivity contribution >= 4 is 0 Å². The second-order valence-corrected chi connectivity index (χ2v) is 6.81. The van der Waals surface area contributed by atoms with Crippen LogP contribution in [0.4, 0.5) is 0 Å². The molecular weight excluding hydrogens is 312 g/mol. The minimum absolute atomic E-state index is 0.00257. The summed E-state index contributed by atoms with van der Waals surface area (Å²) >= 11 is 0. The molecular formula is C18H38O6. The Hall–Kier alpha value is -0.240. The molecule has 0 bridgehead atoms. The van der Waals surface area contributed by atoms with Gasteiger partial charge < -0.3 is 30.3 Å². The van der Waals surface area contributed by atoms with Gasteiger partial charge >= 0.3 is 0 Å². The Morgan fingerprint density at radius 1 is 0.750 bits per heavy atom. The predicted molar refractivity (Wildman–Crippen MR) is 93.8 cm³/mol. The van der Waals surface area contributed by atoms with Crippen LogP contribution in [0.5, 0.6) is 0 Å². The van der Waals surface area contributed by atoms with Gasteiger partial charge in [-0.05, 0) is 19.3 Å². The number of ether oxygens (including phenoxy) is 1. The van der Waals surface area contributed by atoms with E-state index in [1.54, 1.807) is 0 Å². The maximum Gasteiger partial charge on any atom is 0.106 e. The molecule has 0 rings (SSSR count). The summed E-state index contributed by atoms with van der Waals surface area (Å²) in [5.41, 5.74) is -1.27. The Kier molecular flexibility index (Phi) is 12.9. The van der Waals surface area contributed by atoms with Crippen LogP contribution in [0.3, 0.4) is 0 Å². The zero-order chi connectivity index (χ0) is 18.6. The summed E-state index contributed by atoms with van der Waals surface area (Å²) in [5, 5.41) is 50.2. The highest BCUT2D eigenvalue weighted by Gasteiger charge is 2.42. The first-order chi connectivity index (χ1) is 11.3. The monoisotopic (exact) mass is 350 g/mol. The Morgan fingerprint density at radius 3 is 1.54 bits per heavy atom. The van der Waals surface area contributed by atoms with Crippen LogP contribution in [0.15, 0.2) is 0 Å². The number of hydrogen-bond donors (Lipinski definition) is 5. The van der Waals surface area contributed by atoms with E-state index in [9.17, 15) is 25.5 Å². The number of aliphatic hydroxyl groups excluding tert-OH is 5.